The maximum atomic E-state index is 12.8. The molecular formula is C18H18FN3O3S. The topological polar surface area (TPSA) is 78.8 Å². The van der Waals surface area contributed by atoms with Gasteiger partial charge in [-0.25, -0.2) is 18.2 Å². The molecule has 0 aromatic heterocycles. The molecule has 0 aliphatic carbocycles. The van der Waals surface area contributed by atoms with Crippen LogP contribution in [-0.4, -0.2) is 37.9 Å². The molecule has 6 nitrogen and oxygen atoms in total. The van der Waals surface area contributed by atoms with E-state index in [4.69, 9.17) is 0 Å². The highest BCUT2D eigenvalue weighted by Crippen LogP contribution is 2.21. The molecule has 0 bridgehead atoms. The maximum Gasteiger partial charge on any atom is 0.271 e. The van der Waals surface area contributed by atoms with Crippen molar-refractivity contribution in [3.8, 4) is 0 Å². The highest BCUT2D eigenvalue weighted by Gasteiger charge is 2.27. The van der Waals surface area contributed by atoms with E-state index in [2.05, 4.69) is 10.5 Å². The Labute approximate surface area is 151 Å². The van der Waals surface area contributed by atoms with E-state index in [-0.39, 0.29) is 16.3 Å². The first-order valence-corrected chi connectivity index (χ1v) is 9.60. The van der Waals surface area contributed by atoms with Crippen LogP contribution in [0.4, 0.5) is 4.39 Å². The van der Waals surface area contributed by atoms with Crippen molar-refractivity contribution in [1.82, 2.24) is 9.73 Å². The number of rotatable bonds is 5. The molecular weight excluding hydrogens is 357 g/mol. The van der Waals surface area contributed by atoms with Gasteiger partial charge in [0.15, 0.2) is 0 Å². The van der Waals surface area contributed by atoms with Crippen LogP contribution in [0.25, 0.3) is 0 Å². The molecule has 1 amide bonds. The number of carbonyl (C=O) groups excluding carboxylic acids is 1. The van der Waals surface area contributed by atoms with E-state index < -0.39 is 15.9 Å². The monoisotopic (exact) mass is 375 g/mol. The summed E-state index contributed by atoms with van der Waals surface area (Å²) < 4.78 is 39.4. The number of nitrogens with zero attached hydrogens (tertiary/aromatic N) is 2. The smallest absolute Gasteiger partial charge is 0.267 e. The molecule has 1 fully saturated rings. The summed E-state index contributed by atoms with van der Waals surface area (Å²) >= 11 is 0. The average Bonchev–Trinajstić information content (AvgIpc) is 3.19. The van der Waals surface area contributed by atoms with Crippen LogP contribution in [0.5, 0.6) is 0 Å². The van der Waals surface area contributed by atoms with E-state index in [1.165, 1.54) is 59.1 Å². The van der Waals surface area contributed by atoms with E-state index in [0.29, 0.717) is 18.7 Å². The van der Waals surface area contributed by atoms with Crippen LogP contribution in [0.15, 0.2) is 58.5 Å². The molecule has 26 heavy (non-hydrogen) atoms. The lowest BCUT2D eigenvalue weighted by Gasteiger charge is -2.15. The van der Waals surface area contributed by atoms with Gasteiger partial charge >= 0.3 is 0 Å². The summed E-state index contributed by atoms with van der Waals surface area (Å²) in [6, 6.07) is 11.5. The Balaban J connectivity index is 1.71. The van der Waals surface area contributed by atoms with Crippen LogP contribution in [0.2, 0.25) is 0 Å². The van der Waals surface area contributed by atoms with Gasteiger partial charge in [0.1, 0.15) is 5.82 Å². The van der Waals surface area contributed by atoms with Crippen molar-refractivity contribution in [2.45, 2.75) is 17.7 Å². The molecule has 2 aromatic carbocycles. The lowest BCUT2D eigenvalue weighted by atomic mass is 10.2. The number of amides is 1. The molecule has 1 heterocycles. The van der Waals surface area contributed by atoms with Gasteiger partial charge in [0.25, 0.3) is 5.91 Å². The van der Waals surface area contributed by atoms with E-state index in [0.717, 1.165) is 12.8 Å². The first kappa shape index (κ1) is 18.2. The average molecular weight is 375 g/mol. The largest absolute Gasteiger partial charge is 0.271 e. The van der Waals surface area contributed by atoms with Crippen molar-refractivity contribution in [3.63, 3.8) is 0 Å². The second-order valence-electron chi connectivity index (χ2n) is 5.89. The predicted octanol–water partition coefficient (Wildman–Crippen LogP) is 2.37. The molecule has 1 N–H and O–H groups in total. The van der Waals surface area contributed by atoms with Crippen LogP contribution in [0.1, 0.15) is 28.8 Å². The van der Waals surface area contributed by atoms with Crippen LogP contribution < -0.4 is 5.43 Å². The summed E-state index contributed by atoms with van der Waals surface area (Å²) in [6.45, 7) is 1.00. The van der Waals surface area contributed by atoms with Crippen molar-refractivity contribution < 1.29 is 17.6 Å². The molecule has 0 saturated carbocycles. The second kappa shape index (κ2) is 7.76. The van der Waals surface area contributed by atoms with Crippen LogP contribution in [0.3, 0.4) is 0 Å². The van der Waals surface area contributed by atoms with Gasteiger partial charge in [0.2, 0.25) is 10.0 Å². The predicted molar refractivity (Wildman–Crippen MR) is 95.9 cm³/mol. The quantitative estimate of drug-likeness (QED) is 0.644. The molecule has 0 spiro atoms. The van der Waals surface area contributed by atoms with Gasteiger partial charge in [-0.1, -0.05) is 18.2 Å². The number of benzene rings is 2. The van der Waals surface area contributed by atoms with Crippen LogP contribution >= 0.6 is 0 Å². The van der Waals surface area contributed by atoms with Crippen molar-refractivity contribution in [3.05, 3.63) is 65.5 Å². The summed E-state index contributed by atoms with van der Waals surface area (Å²) in [5, 5.41) is 3.81. The number of hydrazone groups is 1. The van der Waals surface area contributed by atoms with Crippen LogP contribution in [-0.2, 0) is 10.0 Å². The highest BCUT2D eigenvalue weighted by molar-refractivity contribution is 7.89. The minimum absolute atomic E-state index is 0.0922. The first-order chi connectivity index (χ1) is 12.5. The lowest BCUT2D eigenvalue weighted by Crippen LogP contribution is -2.28. The Morgan fingerprint density at radius 3 is 2.50 bits per heavy atom. The van der Waals surface area contributed by atoms with Gasteiger partial charge in [-0.2, -0.15) is 9.41 Å². The first-order valence-electron chi connectivity index (χ1n) is 8.16. The van der Waals surface area contributed by atoms with Gasteiger partial charge in [-0.05, 0) is 48.7 Å². The zero-order valence-electron chi connectivity index (χ0n) is 13.9. The standard InChI is InChI=1S/C18H18FN3O3S/c19-16-8-6-14(7-9-16)13-20-21-18(23)15-4-3-5-17(12-15)26(24,25)22-10-1-2-11-22/h3-9,12-13H,1-2,10-11H2,(H,21,23)/b20-13+. The maximum absolute atomic E-state index is 12.8. The SMILES string of the molecule is O=C(N/N=C/c1ccc(F)cc1)c1cccc(S(=O)(=O)N2CCCC2)c1. The van der Waals surface area contributed by atoms with Gasteiger partial charge in [0, 0.05) is 18.7 Å². The van der Waals surface area contributed by atoms with Crippen LogP contribution in [0, 0.1) is 5.82 Å². The number of carbonyl (C=O) groups is 1. The minimum atomic E-state index is -3.58. The molecule has 1 saturated heterocycles. The zero-order chi connectivity index (χ0) is 18.6. The number of hydrogen-bond acceptors (Lipinski definition) is 4. The fourth-order valence-electron chi connectivity index (χ4n) is 2.65. The molecule has 136 valence electrons. The number of hydrogen-bond donors (Lipinski definition) is 1. The highest BCUT2D eigenvalue weighted by atomic mass is 32.2. The van der Waals surface area contributed by atoms with Crippen molar-refractivity contribution in [2.75, 3.05) is 13.1 Å². The van der Waals surface area contributed by atoms with Crippen molar-refractivity contribution in [2.24, 2.45) is 5.10 Å². The fourth-order valence-corrected chi connectivity index (χ4v) is 4.22. The summed E-state index contributed by atoms with van der Waals surface area (Å²) in [4.78, 5) is 12.3. The molecule has 0 atom stereocenters. The molecule has 0 radical (unpaired) electrons. The lowest BCUT2D eigenvalue weighted by molar-refractivity contribution is 0.0955. The summed E-state index contributed by atoms with van der Waals surface area (Å²) in [5.74, 6) is -0.885. The zero-order valence-corrected chi connectivity index (χ0v) is 14.7. The van der Waals surface area contributed by atoms with E-state index in [9.17, 15) is 17.6 Å². The Morgan fingerprint density at radius 2 is 1.81 bits per heavy atom. The molecule has 2 aromatic rings. The van der Waals surface area contributed by atoms with E-state index in [1.807, 2.05) is 0 Å². The van der Waals surface area contributed by atoms with Crippen molar-refractivity contribution in [1.29, 1.82) is 0 Å². The van der Waals surface area contributed by atoms with Gasteiger partial charge in [-0.3, -0.25) is 4.79 Å². The Bertz CT molecular complexity index is 921. The fraction of sp³-hybridized carbons (Fsp3) is 0.222. The molecule has 1 aliphatic rings. The van der Waals surface area contributed by atoms with Crippen molar-refractivity contribution >= 4 is 22.1 Å². The normalized spacial score (nSPS) is 15.4. The van der Waals surface area contributed by atoms with E-state index >= 15 is 0 Å². The molecule has 0 unspecified atom stereocenters. The summed E-state index contributed by atoms with van der Waals surface area (Å²) in [5.41, 5.74) is 3.16. The number of sulfonamides is 1. The Hall–Kier alpha value is -2.58. The van der Waals surface area contributed by atoms with Gasteiger partial charge < -0.3 is 0 Å². The molecule has 3 rings (SSSR count). The van der Waals surface area contributed by atoms with E-state index in [1.54, 1.807) is 0 Å². The second-order valence-corrected chi connectivity index (χ2v) is 7.83. The Kier molecular flexibility index (Phi) is 5.43. The molecule has 1 aliphatic heterocycles. The summed E-state index contributed by atoms with van der Waals surface area (Å²) in [7, 11) is -3.58. The number of halogens is 1. The number of nitrogens with one attached hydrogen (secondary N) is 1. The Morgan fingerprint density at radius 1 is 1.12 bits per heavy atom. The third-order valence-corrected chi connectivity index (χ3v) is 5.94. The third kappa shape index (κ3) is 4.14. The third-order valence-electron chi connectivity index (χ3n) is 4.05. The minimum Gasteiger partial charge on any atom is -0.267 e. The molecule has 8 heteroatoms. The summed E-state index contributed by atoms with van der Waals surface area (Å²) in [6.07, 6.45) is 3.07. The van der Waals surface area contributed by atoms with Gasteiger partial charge in [-0.15, -0.1) is 0 Å². The van der Waals surface area contributed by atoms with Gasteiger partial charge in [0.05, 0.1) is 11.1 Å².